The molecule has 15 nitrogen and oxygen atoms in total. The minimum atomic E-state index is -1.47. The summed E-state index contributed by atoms with van der Waals surface area (Å²) in [6.45, 7) is 13.9. The molecule has 0 radical (unpaired) electrons. The van der Waals surface area contributed by atoms with Gasteiger partial charge >= 0.3 is 12.1 Å². The predicted molar refractivity (Wildman–Crippen MR) is 215 cm³/mol. The van der Waals surface area contributed by atoms with Crippen LogP contribution in [0.4, 0.5) is 4.79 Å². The number of esters is 1. The van der Waals surface area contributed by atoms with Crippen LogP contribution in [0.5, 0.6) is 0 Å². The highest BCUT2D eigenvalue weighted by Crippen LogP contribution is 2.45. The lowest BCUT2D eigenvalue weighted by atomic mass is 9.73. The largest absolute Gasteiger partial charge is 0.458 e. The number of likely N-dealkylation sites (N-methyl/N-ethyl adjacent to an activating group) is 1. The van der Waals surface area contributed by atoms with E-state index in [-0.39, 0.29) is 43.9 Å². The van der Waals surface area contributed by atoms with Crippen molar-refractivity contribution < 1.29 is 52.8 Å². The summed E-state index contributed by atoms with van der Waals surface area (Å²) in [5.41, 5.74) is -0.815. The van der Waals surface area contributed by atoms with Crippen molar-refractivity contribution >= 4 is 40.2 Å². The maximum atomic E-state index is 14.8. The molecule has 4 saturated heterocycles. The topological polar surface area (TPSA) is 176 Å². The van der Waals surface area contributed by atoms with Gasteiger partial charge in [0.25, 0.3) is 0 Å². The number of pyridine rings is 1. The first-order valence-corrected chi connectivity index (χ1v) is 21.0. The van der Waals surface area contributed by atoms with Gasteiger partial charge in [-0.1, -0.05) is 51.0 Å². The summed E-state index contributed by atoms with van der Waals surface area (Å²) in [5, 5.41) is 17.2. The molecule has 0 saturated carbocycles. The van der Waals surface area contributed by atoms with Crippen molar-refractivity contribution in [1.29, 1.82) is 0 Å². The number of carbonyl (C=O) groups is 4. The molecule has 7 rings (SSSR count). The number of Topliss-reactive ketones (excluding diaryl/α,β-unsaturated/α-hetero) is 2. The van der Waals surface area contributed by atoms with Gasteiger partial charge in [-0.15, -0.1) is 0 Å². The number of oxime groups is 1. The molecule has 1 aromatic heterocycles. The van der Waals surface area contributed by atoms with Crippen LogP contribution in [-0.2, 0) is 42.9 Å². The summed E-state index contributed by atoms with van der Waals surface area (Å²) in [6.07, 6.45) is -3.59. The molecule has 4 fully saturated rings. The maximum Gasteiger partial charge on any atom is 0.411 e. The van der Waals surface area contributed by atoms with Crippen molar-refractivity contribution in [3.05, 3.63) is 42.1 Å². The summed E-state index contributed by atoms with van der Waals surface area (Å²) >= 11 is 0. The molecule has 2 aromatic rings. The zero-order valence-electron chi connectivity index (χ0n) is 35.8. The number of aliphatic hydroxyl groups excluding tert-OH is 1. The third-order valence-electron chi connectivity index (χ3n) is 13.6. The quantitative estimate of drug-likeness (QED) is 0.329. The number of rotatable bonds is 5. The molecule has 0 unspecified atom stereocenters. The Kier molecular flexibility index (Phi) is 12.0. The van der Waals surface area contributed by atoms with Gasteiger partial charge in [-0.25, -0.2) is 4.79 Å². The number of carbonyl (C=O) groups excluding carboxylic acids is 4. The molecule has 1 aromatic carbocycles. The fourth-order valence-corrected chi connectivity index (χ4v) is 10.3. The number of fused-ring (bicyclic) bond motifs is 6. The number of ether oxygens (including phenoxy) is 5. The molecule has 6 heterocycles. The Morgan fingerprint density at radius 2 is 1.75 bits per heavy atom. The first-order chi connectivity index (χ1) is 27.9. The van der Waals surface area contributed by atoms with E-state index in [0.29, 0.717) is 17.7 Å². The molecule has 15 atom stereocenters. The van der Waals surface area contributed by atoms with Crippen LogP contribution < -0.4 is 0 Å². The van der Waals surface area contributed by atoms with Crippen LogP contribution in [0, 0.1) is 29.6 Å². The van der Waals surface area contributed by atoms with Gasteiger partial charge in [0.05, 0.1) is 54.1 Å². The standard InChI is InChI=1S/C44H60N4O11/c1-11-33-44(8)38-24(4)35(49)22(2)18-43(7,39(25(5)36(50)26(6)40(52)56-33)57-41-37(51)31(47(9)10)16-23(3)55-41)54-21-29-32(20-48(38)42(53)58-44)59-46-34(29)28-17-27-14-12-13-15-30(27)45-19-28/h12-15,17,19,22-26,29,31-33,37-39,41,51H,11,16,18,20-21H2,1-10H3/t22-,23+,24-,25-,26+,29-,31-,32+,33+,37+,38-,39+,41-,43+,44+/m0/s1. The van der Waals surface area contributed by atoms with Gasteiger partial charge in [0, 0.05) is 40.9 Å². The summed E-state index contributed by atoms with van der Waals surface area (Å²) in [5.74, 6) is -5.82. The van der Waals surface area contributed by atoms with Crippen molar-refractivity contribution in [3.8, 4) is 0 Å². The molecule has 5 aliphatic rings. The molecular weight excluding hydrogens is 761 g/mol. The number of hydrogen-bond donors (Lipinski definition) is 1. The van der Waals surface area contributed by atoms with Crippen LogP contribution in [0.15, 0.2) is 41.7 Å². The highest BCUT2D eigenvalue weighted by atomic mass is 16.7. The second-order valence-corrected chi connectivity index (χ2v) is 18.1. The Bertz CT molecular complexity index is 1980. The minimum Gasteiger partial charge on any atom is -0.458 e. The third-order valence-corrected chi connectivity index (χ3v) is 13.6. The molecule has 59 heavy (non-hydrogen) atoms. The Morgan fingerprint density at radius 1 is 1.02 bits per heavy atom. The normalized spacial score (nSPS) is 40.9. The summed E-state index contributed by atoms with van der Waals surface area (Å²) < 4.78 is 32.5. The van der Waals surface area contributed by atoms with Crippen molar-refractivity contribution in [2.24, 2.45) is 34.7 Å². The highest BCUT2D eigenvalue weighted by molar-refractivity contribution is 6.05. The van der Waals surface area contributed by atoms with E-state index in [9.17, 15) is 24.3 Å². The van der Waals surface area contributed by atoms with E-state index in [2.05, 4.69) is 5.16 Å². The lowest BCUT2D eigenvalue weighted by Gasteiger charge is -2.48. The fraction of sp³-hybridized carbons (Fsp3) is 0.682. The number of cyclic esters (lactones) is 1. The van der Waals surface area contributed by atoms with E-state index >= 15 is 0 Å². The van der Waals surface area contributed by atoms with E-state index in [1.807, 2.05) is 70.1 Å². The van der Waals surface area contributed by atoms with Gasteiger partial charge in [0.15, 0.2) is 23.8 Å². The zero-order chi connectivity index (χ0) is 42.7. The summed E-state index contributed by atoms with van der Waals surface area (Å²) in [6, 6.07) is 8.51. The Labute approximate surface area is 346 Å². The molecule has 1 N–H and O–H groups in total. The van der Waals surface area contributed by atoms with Crippen LogP contribution in [-0.4, -0.2) is 137 Å². The molecule has 0 aliphatic carbocycles. The average molecular weight is 821 g/mol. The molecule has 5 aliphatic heterocycles. The monoisotopic (exact) mass is 820 g/mol. The lowest BCUT2D eigenvalue weighted by molar-refractivity contribution is -0.298. The van der Waals surface area contributed by atoms with E-state index in [1.54, 1.807) is 33.9 Å². The first-order valence-electron chi connectivity index (χ1n) is 21.0. The van der Waals surface area contributed by atoms with E-state index < -0.39 is 95.4 Å². The van der Waals surface area contributed by atoms with E-state index in [4.69, 9.17) is 33.5 Å². The highest BCUT2D eigenvalue weighted by Gasteiger charge is 2.62. The average Bonchev–Trinajstić information content (AvgIpc) is 3.72. The number of aliphatic hydroxyl groups is 1. The van der Waals surface area contributed by atoms with Crippen LogP contribution in [0.25, 0.3) is 10.9 Å². The number of nitrogens with zero attached hydrogens (tertiary/aromatic N) is 4. The summed E-state index contributed by atoms with van der Waals surface area (Å²) in [4.78, 5) is 72.0. The first kappa shape index (κ1) is 43.1. The van der Waals surface area contributed by atoms with Gasteiger partial charge in [-0.05, 0) is 73.2 Å². The Balaban J connectivity index is 1.39. The number of aromatic nitrogens is 1. The van der Waals surface area contributed by atoms with E-state index in [0.717, 1.165) is 10.9 Å². The minimum absolute atomic E-state index is 0.0225. The fourth-order valence-electron chi connectivity index (χ4n) is 10.3. The van der Waals surface area contributed by atoms with Gasteiger partial charge in [0.1, 0.15) is 23.9 Å². The molecule has 322 valence electrons. The summed E-state index contributed by atoms with van der Waals surface area (Å²) in [7, 11) is 3.75. The SMILES string of the molecule is CC[C@H]1OC(=O)[C@H](C)C(=O)[C@H](C)[C@@H](O[C@@H]2O[C@H](C)C[C@H](N(C)C)[C@H]2O)[C@@]2(C)C[C@H](C)C(=O)[C@H](C)[C@@H]3N(C[C@H]4ON=C(c5cnc6ccccc6c5)[C@H]4CO2)C(=O)O[C@@]31C. The van der Waals surface area contributed by atoms with Gasteiger partial charge in [0.2, 0.25) is 0 Å². The van der Waals surface area contributed by atoms with Crippen molar-refractivity contribution in [3.63, 3.8) is 0 Å². The number of para-hydroxylation sites is 1. The third kappa shape index (κ3) is 7.77. The number of ketones is 2. The lowest BCUT2D eigenvalue weighted by Crippen LogP contribution is -2.61. The van der Waals surface area contributed by atoms with Crippen LogP contribution in [0.3, 0.4) is 0 Å². The molecule has 0 spiro atoms. The predicted octanol–water partition coefficient (Wildman–Crippen LogP) is 4.54. The second-order valence-electron chi connectivity index (χ2n) is 18.1. The molecular formula is C44H60N4O11. The van der Waals surface area contributed by atoms with Gasteiger partial charge < -0.3 is 38.5 Å². The number of amides is 1. The van der Waals surface area contributed by atoms with Crippen molar-refractivity contribution in [2.75, 3.05) is 27.2 Å². The van der Waals surface area contributed by atoms with Crippen LogP contribution in [0.2, 0.25) is 0 Å². The number of benzene rings is 1. The van der Waals surface area contributed by atoms with Crippen molar-refractivity contribution in [1.82, 2.24) is 14.8 Å². The van der Waals surface area contributed by atoms with Gasteiger partial charge in [-0.3, -0.25) is 24.3 Å². The smallest absolute Gasteiger partial charge is 0.411 e. The van der Waals surface area contributed by atoms with Crippen LogP contribution in [0.1, 0.15) is 80.2 Å². The second kappa shape index (κ2) is 16.4. The maximum absolute atomic E-state index is 14.8. The number of hydrogen-bond acceptors (Lipinski definition) is 14. The van der Waals surface area contributed by atoms with Crippen LogP contribution >= 0.6 is 0 Å². The van der Waals surface area contributed by atoms with Gasteiger partial charge in [-0.2, -0.15) is 0 Å². The Hall–Kier alpha value is -4.02. The molecule has 15 heteroatoms. The zero-order valence-corrected chi connectivity index (χ0v) is 35.8. The molecule has 2 bridgehead atoms. The Morgan fingerprint density at radius 3 is 2.46 bits per heavy atom. The molecule has 1 amide bonds. The van der Waals surface area contributed by atoms with E-state index in [1.165, 1.54) is 11.8 Å². The van der Waals surface area contributed by atoms with Crippen molar-refractivity contribution in [2.45, 2.75) is 135 Å².